The molecule has 3 N–H and O–H groups in total. The number of fused-ring (bicyclic) bond motifs is 2. The minimum absolute atomic E-state index is 0.0699. The predicted molar refractivity (Wildman–Crippen MR) is 134 cm³/mol. The van der Waals surface area contributed by atoms with E-state index >= 15 is 0 Å². The first-order chi connectivity index (χ1) is 16.8. The topological polar surface area (TPSA) is 98.3 Å². The Balaban J connectivity index is 1.42. The number of nitrogens with one attached hydrogen (secondary N) is 2. The number of nitrogens with zero attached hydrogens (tertiary/aromatic N) is 2. The van der Waals surface area contributed by atoms with Gasteiger partial charge in [0, 0.05) is 29.0 Å². The maximum atomic E-state index is 15.0. The molecule has 5 rings (SSSR count). The van der Waals surface area contributed by atoms with E-state index in [1.807, 2.05) is 26.0 Å². The number of aromatic amines is 1. The van der Waals surface area contributed by atoms with Crippen LogP contribution in [-0.2, 0) is 5.54 Å². The minimum atomic E-state index is -0.831. The molecule has 0 aliphatic carbocycles. The maximum Gasteiger partial charge on any atom is 0.255 e. The Bertz CT molecular complexity index is 1480. The summed E-state index contributed by atoms with van der Waals surface area (Å²) in [6, 6.07) is 13.3. The molecule has 0 saturated carbocycles. The van der Waals surface area contributed by atoms with Gasteiger partial charge in [0.1, 0.15) is 11.6 Å². The molecule has 3 heterocycles. The fraction of sp³-hybridized carbons (Fsp3) is 0.296. The third-order valence-electron chi connectivity index (χ3n) is 6.82. The first-order valence-electron chi connectivity index (χ1n) is 11.7. The van der Waals surface area contributed by atoms with Crippen LogP contribution < -0.4 is 15.6 Å². The second kappa shape index (κ2) is 8.78. The summed E-state index contributed by atoms with van der Waals surface area (Å²) in [6.45, 7) is 4.57. The summed E-state index contributed by atoms with van der Waals surface area (Å²) in [5.41, 5.74) is 0.512. The molecule has 0 bridgehead atoms. The Morgan fingerprint density at radius 3 is 2.74 bits per heavy atom. The SMILES string of the molecule is CC(C)(NC(=O)c1cc2[nH]c3ccccc3c(=O)c2cc1F)c1ccc(N2CCC[C@@H]2CO)nc1. The quantitative estimate of drug-likeness (QED) is 0.382. The van der Waals surface area contributed by atoms with E-state index in [0.29, 0.717) is 16.4 Å². The average Bonchev–Trinajstić information content (AvgIpc) is 3.33. The molecule has 1 amide bonds. The number of pyridine rings is 2. The van der Waals surface area contributed by atoms with Crippen molar-refractivity contribution in [3.05, 3.63) is 81.9 Å². The number of aliphatic hydroxyl groups is 1. The molecule has 2 aromatic heterocycles. The van der Waals surface area contributed by atoms with Crippen molar-refractivity contribution in [2.45, 2.75) is 38.3 Å². The number of aromatic nitrogens is 2. The lowest BCUT2D eigenvalue weighted by molar-refractivity contribution is 0.0908. The molecule has 2 aromatic carbocycles. The van der Waals surface area contributed by atoms with E-state index in [4.69, 9.17) is 0 Å². The first-order valence-corrected chi connectivity index (χ1v) is 11.7. The molecule has 180 valence electrons. The van der Waals surface area contributed by atoms with E-state index in [1.54, 1.807) is 30.5 Å². The van der Waals surface area contributed by atoms with Gasteiger partial charge in [-0.25, -0.2) is 9.37 Å². The van der Waals surface area contributed by atoms with Crippen LogP contribution in [-0.4, -0.2) is 40.2 Å². The monoisotopic (exact) mass is 474 g/mol. The molecule has 8 heteroatoms. The predicted octanol–water partition coefficient (Wildman–Crippen LogP) is 3.84. The van der Waals surface area contributed by atoms with Crippen LogP contribution in [0.4, 0.5) is 10.2 Å². The van der Waals surface area contributed by atoms with Crippen molar-refractivity contribution >= 4 is 33.5 Å². The molecule has 1 fully saturated rings. The second-order valence-corrected chi connectivity index (χ2v) is 9.53. The Morgan fingerprint density at radius 1 is 1.20 bits per heavy atom. The first kappa shape index (κ1) is 23.0. The van der Waals surface area contributed by atoms with Crippen molar-refractivity contribution in [1.82, 2.24) is 15.3 Å². The van der Waals surface area contributed by atoms with Crippen LogP contribution in [0.25, 0.3) is 21.8 Å². The molecule has 0 radical (unpaired) electrons. The van der Waals surface area contributed by atoms with E-state index < -0.39 is 17.3 Å². The van der Waals surface area contributed by atoms with Crippen LogP contribution in [0.2, 0.25) is 0 Å². The van der Waals surface area contributed by atoms with Gasteiger partial charge >= 0.3 is 0 Å². The summed E-state index contributed by atoms with van der Waals surface area (Å²) in [7, 11) is 0. The molecule has 4 aromatic rings. The van der Waals surface area contributed by atoms with Crippen LogP contribution >= 0.6 is 0 Å². The molecule has 35 heavy (non-hydrogen) atoms. The van der Waals surface area contributed by atoms with Crippen LogP contribution in [0.1, 0.15) is 42.6 Å². The highest BCUT2D eigenvalue weighted by Gasteiger charge is 2.28. The number of para-hydroxylation sites is 1. The van der Waals surface area contributed by atoms with Gasteiger partial charge in [-0.15, -0.1) is 0 Å². The molecule has 1 aliphatic rings. The average molecular weight is 475 g/mol. The van der Waals surface area contributed by atoms with Gasteiger partial charge in [0.15, 0.2) is 5.43 Å². The lowest BCUT2D eigenvalue weighted by atomic mass is 9.95. The van der Waals surface area contributed by atoms with Gasteiger partial charge in [0.25, 0.3) is 5.91 Å². The summed E-state index contributed by atoms with van der Waals surface area (Å²) in [4.78, 5) is 35.7. The number of amides is 1. The van der Waals surface area contributed by atoms with Crippen molar-refractivity contribution in [2.75, 3.05) is 18.1 Å². The zero-order chi connectivity index (χ0) is 24.7. The highest BCUT2D eigenvalue weighted by Crippen LogP contribution is 2.27. The maximum absolute atomic E-state index is 15.0. The smallest absolute Gasteiger partial charge is 0.255 e. The third kappa shape index (κ3) is 4.14. The van der Waals surface area contributed by atoms with Crippen LogP contribution in [0, 0.1) is 5.82 Å². The molecule has 1 aliphatic heterocycles. The van der Waals surface area contributed by atoms with E-state index in [2.05, 4.69) is 20.2 Å². The molecule has 0 spiro atoms. The number of aliphatic hydroxyl groups excluding tert-OH is 1. The van der Waals surface area contributed by atoms with Gasteiger partial charge in [-0.1, -0.05) is 18.2 Å². The molecule has 0 unspecified atom stereocenters. The molecule has 1 saturated heterocycles. The van der Waals surface area contributed by atoms with Crippen molar-refractivity contribution in [2.24, 2.45) is 0 Å². The lowest BCUT2D eigenvalue weighted by Crippen LogP contribution is -2.41. The molecular weight excluding hydrogens is 447 g/mol. The van der Waals surface area contributed by atoms with Crippen molar-refractivity contribution in [3.8, 4) is 0 Å². The van der Waals surface area contributed by atoms with E-state index in [0.717, 1.165) is 36.8 Å². The number of anilines is 1. The van der Waals surface area contributed by atoms with Gasteiger partial charge in [-0.2, -0.15) is 0 Å². The number of carbonyl (C=O) groups is 1. The summed E-state index contributed by atoms with van der Waals surface area (Å²) in [5.74, 6) is -0.569. The van der Waals surface area contributed by atoms with Gasteiger partial charge in [-0.05, 0) is 62.6 Å². The zero-order valence-electron chi connectivity index (χ0n) is 19.6. The number of H-pyrrole nitrogens is 1. The molecule has 1 atom stereocenters. The largest absolute Gasteiger partial charge is 0.394 e. The van der Waals surface area contributed by atoms with Crippen LogP contribution in [0.5, 0.6) is 0 Å². The molecular formula is C27H27FN4O3. The van der Waals surface area contributed by atoms with Crippen molar-refractivity contribution in [3.63, 3.8) is 0 Å². The fourth-order valence-corrected chi connectivity index (χ4v) is 4.79. The summed E-state index contributed by atoms with van der Waals surface area (Å²) in [6.07, 6.45) is 3.64. The van der Waals surface area contributed by atoms with Crippen molar-refractivity contribution in [1.29, 1.82) is 0 Å². The number of halogens is 1. The highest BCUT2D eigenvalue weighted by molar-refractivity contribution is 6.00. The number of hydrogen-bond donors (Lipinski definition) is 3. The standard InChI is InChI=1S/C27H27FN4O3/c1-27(2,16-9-10-24(29-14-16)32-11-5-6-17(32)15-33)31-26(35)19-13-23-20(12-21(19)28)25(34)18-7-3-4-8-22(18)30-23/h3-4,7-10,12-14,17,33H,5-6,11,15H2,1-2H3,(H,30,34)(H,31,35)/t17-/m1/s1. The van der Waals surface area contributed by atoms with E-state index in [-0.39, 0.29) is 29.0 Å². The second-order valence-electron chi connectivity index (χ2n) is 9.53. The number of hydrogen-bond acceptors (Lipinski definition) is 5. The van der Waals surface area contributed by atoms with Crippen molar-refractivity contribution < 1.29 is 14.3 Å². The Kier molecular flexibility index (Phi) is 5.76. The van der Waals surface area contributed by atoms with Gasteiger partial charge in [0.2, 0.25) is 0 Å². The summed E-state index contributed by atoms with van der Waals surface area (Å²) in [5, 5.41) is 13.1. The summed E-state index contributed by atoms with van der Waals surface area (Å²) < 4.78 is 15.0. The van der Waals surface area contributed by atoms with Gasteiger partial charge in [-0.3, -0.25) is 9.59 Å². The van der Waals surface area contributed by atoms with Gasteiger partial charge in [0.05, 0.1) is 29.3 Å². The lowest BCUT2D eigenvalue weighted by Gasteiger charge is -2.28. The zero-order valence-corrected chi connectivity index (χ0v) is 19.6. The highest BCUT2D eigenvalue weighted by atomic mass is 19.1. The summed E-state index contributed by atoms with van der Waals surface area (Å²) >= 11 is 0. The molecule has 7 nitrogen and oxygen atoms in total. The Hall–Kier alpha value is -3.78. The number of rotatable bonds is 5. The Labute approximate surface area is 201 Å². The van der Waals surface area contributed by atoms with Crippen LogP contribution in [0.15, 0.2) is 59.5 Å². The number of benzene rings is 2. The number of carbonyl (C=O) groups excluding carboxylic acids is 1. The fourth-order valence-electron chi connectivity index (χ4n) is 4.79. The van der Waals surface area contributed by atoms with Crippen LogP contribution in [0.3, 0.4) is 0 Å². The Morgan fingerprint density at radius 2 is 2.00 bits per heavy atom. The normalized spacial score (nSPS) is 16.2. The van der Waals surface area contributed by atoms with E-state index in [9.17, 15) is 19.1 Å². The minimum Gasteiger partial charge on any atom is -0.394 e. The van der Waals surface area contributed by atoms with Gasteiger partial charge < -0.3 is 20.3 Å². The van der Waals surface area contributed by atoms with E-state index in [1.165, 1.54) is 6.07 Å². The third-order valence-corrected chi connectivity index (χ3v) is 6.82.